The van der Waals surface area contributed by atoms with Gasteiger partial charge in [-0.15, -0.1) is 12.4 Å². The highest BCUT2D eigenvalue weighted by molar-refractivity contribution is 5.86. The van der Waals surface area contributed by atoms with E-state index >= 15 is 0 Å². The molecule has 2 aromatic rings. The van der Waals surface area contributed by atoms with E-state index < -0.39 is 23.8 Å². The second kappa shape index (κ2) is 14.9. The molecular formula is C26H36ClN3O5. The van der Waals surface area contributed by atoms with Crippen LogP contribution >= 0.6 is 12.4 Å². The first-order chi connectivity index (χ1) is 16.1. The number of alkyl carbamates (subject to hydrolysis) is 2. The molecule has 35 heavy (non-hydrogen) atoms. The second-order valence-corrected chi connectivity index (χ2v) is 8.97. The molecule has 0 saturated carbocycles. The average molecular weight is 506 g/mol. The maximum absolute atomic E-state index is 12.9. The van der Waals surface area contributed by atoms with Crippen molar-refractivity contribution in [3.63, 3.8) is 0 Å². The molecule has 8 nitrogen and oxygen atoms in total. The zero-order valence-corrected chi connectivity index (χ0v) is 21.5. The molecular weight excluding hydrogens is 470 g/mol. The minimum atomic E-state index is -0.817. The Balaban J connectivity index is 0.00000612. The van der Waals surface area contributed by atoms with E-state index in [2.05, 4.69) is 16.0 Å². The fraction of sp³-hybridized carbons (Fsp3) is 0.423. The van der Waals surface area contributed by atoms with Crippen LogP contribution in [-0.4, -0.2) is 36.3 Å². The maximum Gasteiger partial charge on any atom is 0.408 e. The molecule has 3 N–H and O–H groups in total. The van der Waals surface area contributed by atoms with Gasteiger partial charge in [0.05, 0.1) is 6.04 Å². The fourth-order valence-corrected chi connectivity index (χ4v) is 3.13. The molecule has 0 aliphatic heterocycles. The molecule has 0 radical (unpaired) electrons. The van der Waals surface area contributed by atoms with E-state index in [0.29, 0.717) is 19.4 Å². The molecule has 0 bridgehead atoms. The largest absolute Gasteiger partial charge is 0.445 e. The molecule has 2 aromatic carbocycles. The molecule has 192 valence electrons. The minimum absolute atomic E-state index is 0. The summed E-state index contributed by atoms with van der Waals surface area (Å²) in [7, 11) is 0. The Morgan fingerprint density at radius 3 is 2.09 bits per heavy atom. The molecule has 3 amide bonds. The summed E-state index contributed by atoms with van der Waals surface area (Å²) in [5, 5.41) is 8.25. The van der Waals surface area contributed by atoms with Crippen molar-refractivity contribution in [2.45, 2.75) is 64.8 Å². The molecule has 0 aromatic heterocycles. The first kappa shape index (κ1) is 29.8. The average Bonchev–Trinajstić information content (AvgIpc) is 2.79. The van der Waals surface area contributed by atoms with Crippen molar-refractivity contribution in [2.24, 2.45) is 0 Å². The standard InChI is InChI=1S/C26H35N3O5.ClH/c1-19(21-14-9-6-10-15-21)28-23(30)22(29-25(32)34-26(2,3)4)16-11-17-27-24(31)33-18-20-12-7-5-8-13-20;/h5-10,12-15,19,22H,11,16-18H2,1-4H3,(H,27,31)(H,28,30)(H,29,32);1H/t19-,22-;/m1./s1. The third kappa shape index (κ3) is 12.1. The lowest BCUT2D eigenvalue weighted by molar-refractivity contribution is -0.124. The first-order valence-corrected chi connectivity index (χ1v) is 11.4. The van der Waals surface area contributed by atoms with Gasteiger partial charge in [-0.1, -0.05) is 60.7 Å². The fourth-order valence-electron chi connectivity index (χ4n) is 3.13. The van der Waals surface area contributed by atoms with E-state index in [1.165, 1.54) is 0 Å². The van der Waals surface area contributed by atoms with Crippen LogP contribution in [0.4, 0.5) is 9.59 Å². The van der Waals surface area contributed by atoms with Crippen molar-refractivity contribution in [1.82, 2.24) is 16.0 Å². The number of carbonyl (C=O) groups is 3. The number of carbonyl (C=O) groups excluding carboxylic acids is 3. The van der Waals surface area contributed by atoms with Gasteiger partial charge in [0.15, 0.2) is 0 Å². The number of rotatable bonds is 10. The van der Waals surface area contributed by atoms with Crippen LogP contribution in [0.3, 0.4) is 0 Å². The molecule has 0 aliphatic rings. The summed E-state index contributed by atoms with van der Waals surface area (Å²) in [5.41, 5.74) is 1.16. The van der Waals surface area contributed by atoms with Gasteiger partial charge in [0.25, 0.3) is 0 Å². The quantitative estimate of drug-likeness (QED) is 0.399. The third-order valence-electron chi connectivity index (χ3n) is 4.82. The van der Waals surface area contributed by atoms with Crippen LogP contribution in [0.5, 0.6) is 0 Å². The van der Waals surface area contributed by atoms with Crippen molar-refractivity contribution in [3.05, 3.63) is 71.8 Å². The van der Waals surface area contributed by atoms with Gasteiger partial charge in [-0.2, -0.15) is 0 Å². The highest BCUT2D eigenvalue weighted by Gasteiger charge is 2.25. The first-order valence-electron chi connectivity index (χ1n) is 11.4. The van der Waals surface area contributed by atoms with Gasteiger partial charge in [-0.25, -0.2) is 9.59 Å². The van der Waals surface area contributed by atoms with E-state index in [0.717, 1.165) is 11.1 Å². The smallest absolute Gasteiger partial charge is 0.408 e. The molecule has 0 heterocycles. The zero-order valence-electron chi connectivity index (χ0n) is 20.7. The Morgan fingerprint density at radius 1 is 0.886 bits per heavy atom. The lowest BCUT2D eigenvalue weighted by atomic mass is 10.1. The van der Waals surface area contributed by atoms with E-state index in [9.17, 15) is 14.4 Å². The van der Waals surface area contributed by atoms with Gasteiger partial charge < -0.3 is 25.4 Å². The van der Waals surface area contributed by atoms with Crippen LogP contribution in [0.25, 0.3) is 0 Å². The number of amides is 3. The molecule has 2 atom stereocenters. The predicted octanol–water partition coefficient (Wildman–Crippen LogP) is 4.89. The predicted molar refractivity (Wildman–Crippen MR) is 137 cm³/mol. The number of benzene rings is 2. The number of hydrogen-bond donors (Lipinski definition) is 3. The van der Waals surface area contributed by atoms with Crippen LogP contribution in [0, 0.1) is 0 Å². The zero-order chi connectivity index (χ0) is 25.0. The van der Waals surface area contributed by atoms with Crippen LogP contribution in [0.1, 0.15) is 57.7 Å². The Morgan fingerprint density at radius 2 is 1.49 bits per heavy atom. The van der Waals surface area contributed by atoms with Gasteiger partial charge in [0, 0.05) is 6.54 Å². The maximum atomic E-state index is 12.9. The van der Waals surface area contributed by atoms with Crippen molar-refractivity contribution < 1.29 is 23.9 Å². The number of hydrogen-bond acceptors (Lipinski definition) is 5. The van der Waals surface area contributed by atoms with E-state index in [1.54, 1.807) is 20.8 Å². The lowest BCUT2D eigenvalue weighted by Crippen LogP contribution is -2.49. The summed E-state index contributed by atoms with van der Waals surface area (Å²) >= 11 is 0. The van der Waals surface area contributed by atoms with Gasteiger partial charge in [-0.3, -0.25) is 4.79 Å². The van der Waals surface area contributed by atoms with Crippen molar-refractivity contribution in [1.29, 1.82) is 0 Å². The molecule has 0 aliphatic carbocycles. The van der Waals surface area contributed by atoms with Crippen molar-refractivity contribution in [2.75, 3.05) is 6.54 Å². The van der Waals surface area contributed by atoms with Crippen LogP contribution in [-0.2, 0) is 20.9 Å². The lowest BCUT2D eigenvalue weighted by Gasteiger charge is -2.24. The van der Waals surface area contributed by atoms with Crippen molar-refractivity contribution in [3.8, 4) is 0 Å². The summed E-state index contributed by atoms with van der Waals surface area (Å²) in [5.74, 6) is -0.325. The van der Waals surface area contributed by atoms with Crippen LogP contribution in [0.2, 0.25) is 0 Å². The van der Waals surface area contributed by atoms with Crippen LogP contribution < -0.4 is 16.0 Å². The monoisotopic (exact) mass is 505 g/mol. The van der Waals surface area contributed by atoms with Gasteiger partial charge >= 0.3 is 12.2 Å². The minimum Gasteiger partial charge on any atom is -0.445 e. The van der Waals surface area contributed by atoms with Crippen molar-refractivity contribution >= 4 is 30.5 Å². The SMILES string of the molecule is C[C@@H](NC(=O)[C@@H](CCCNC(=O)OCc1ccccc1)NC(=O)OC(C)(C)C)c1ccccc1.Cl. The normalized spacial score (nSPS) is 12.3. The third-order valence-corrected chi connectivity index (χ3v) is 4.82. The second-order valence-electron chi connectivity index (χ2n) is 8.97. The highest BCUT2D eigenvalue weighted by atomic mass is 35.5. The van der Waals surface area contributed by atoms with E-state index in [4.69, 9.17) is 9.47 Å². The summed E-state index contributed by atoms with van der Waals surface area (Å²) in [6, 6.07) is 17.9. The molecule has 0 spiro atoms. The molecule has 0 saturated heterocycles. The number of halogens is 1. The molecule has 2 rings (SSSR count). The number of nitrogens with one attached hydrogen (secondary N) is 3. The van der Waals surface area contributed by atoms with E-state index in [-0.39, 0.29) is 31.0 Å². The topological polar surface area (TPSA) is 106 Å². The Hall–Kier alpha value is -3.26. The summed E-state index contributed by atoms with van der Waals surface area (Å²) < 4.78 is 10.5. The van der Waals surface area contributed by atoms with Gasteiger partial charge in [0.1, 0.15) is 18.2 Å². The molecule has 9 heteroatoms. The molecule has 0 unspecified atom stereocenters. The summed E-state index contributed by atoms with van der Waals surface area (Å²) in [6.45, 7) is 7.61. The summed E-state index contributed by atoms with van der Waals surface area (Å²) in [6.07, 6.45) is -0.447. The van der Waals surface area contributed by atoms with Gasteiger partial charge in [-0.05, 0) is 51.7 Å². The van der Waals surface area contributed by atoms with Crippen LogP contribution in [0.15, 0.2) is 60.7 Å². The highest BCUT2D eigenvalue weighted by Crippen LogP contribution is 2.13. The molecule has 0 fully saturated rings. The Bertz CT molecular complexity index is 920. The van der Waals surface area contributed by atoms with E-state index in [1.807, 2.05) is 67.6 Å². The van der Waals surface area contributed by atoms with Gasteiger partial charge in [0.2, 0.25) is 5.91 Å². The Kier molecular flexibility index (Phi) is 12.7. The summed E-state index contributed by atoms with van der Waals surface area (Å²) in [4.78, 5) is 37.1. The number of ether oxygens (including phenoxy) is 2. The Labute approximate surface area is 213 Å².